The Kier molecular flexibility index (Phi) is 9.02. The second kappa shape index (κ2) is 12.4. The number of aromatic nitrogens is 2. The van der Waals surface area contributed by atoms with Crippen LogP contribution in [0.2, 0.25) is 5.02 Å². The Balaban J connectivity index is 1.60. The van der Waals surface area contributed by atoms with E-state index in [2.05, 4.69) is 5.32 Å². The summed E-state index contributed by atoms with van der Waals surface area (Å²) >= 11 is 8.48. The number of benzene rings is 2. The van der Waals surface area contributed by atoms with E-state index in [0.717, 1.165) is 28.9 Å². The van der Waals surface area contributed by atoms with Gasteiger partial charge in [-0.05, 0) is 49.1 Å². The SMILES string of the molecule is CCOC(=O)c1sc2nc(SCC(=O)NCCc3ccccc3)n(Cc3cccc(Cl)c3)c(=O)c2c1C. The highest BCUT2D eigenvalue weighted by Crippen LogP contribution is 2.30. The first-order valence-corrected chi connectivity index (χ1v) is 13.9. The first-order valence-electron chi connectivity index (χ1n) is 11.8. The van der Waals surface area contributed by atoms with Gasteiger partial charge in [0.05, 0.1) is 24.3 Å². The normalized spacial score (nSPS) is 11.0. The average molecular weight is 556 g/mol. The van der Waals surface area contributed by atoms with E-state index in [0.29, 0.717) is 37.4 Å². The third-order valence-electron chi connectivity index (χ3n) is 5.62. The summed E-state index contributed by atoms with van der Waals surface area (Å²) < 4.78 is 6.69. The maximum atomic E-state index is 13.7. The van der Waals surface area contributed by atoms with Crippen molar-refractivity contribution in [2.45, 2.75) is 32.0 Å². The molecule has 0 aliphatic carbocycles. The number of fused-ring (bicyclic) bond motifs is 1. The minimum absolute atomic E-state index is 0.0946. The molecule has 1 amide bonds. The van der Waals surface area contributed by atoms with Crippen molar-refractivity contribution >= 4 is 56.8 Å². The number of carbonyl (C=O) groups excluding carboxylic acids is 2. The molecule has 4 aromatic rings. The summed E-state index contributed by atoms with van der Waals surface area (Å²) in [6.07, 6.45) is 0.728. The zero-order valence-electron chi connectivity index (χ0n) is 20.5. The van der Waals surface area contributed by atoms with E-state index in [1.54, 1.807) is 26.0 Å². The molecule has 0 aliphatic heterocycles. The molecule has 2 heterocycles. The van der Waals surface area contributed by atoms with Gasteiger partial charge in [0.2, 0.25) is 5.91 Å². The Morgan fingerprint density at radius 1 is 1.14 bits per heavy atom. The van der Waals surface area contributed by atoms with Crippen molar-refractivity contribution < 1.29 is 14.3 Å². The highest BCUT2D eigenvalue weighted by Gasteiger charge is 2.23. The molecule has 0 unspecified atom stereocenters. The van der Waals surface area contributed by atoms with Gasteiger partial charge in [-0.3, -0.25) is 14.2 Å². The van der Waals surface area contributed by atoms with E-state index < -0.39 is 5.97 Å². The van der Waals surface area contributed by atoms with E-state index >= 15 is 0 Å². The molecule has 2 aromatic heterocycles. The molecule has 4 rings (SSSR count). The van der Waals surface area contributed by atoms with Crippen LogP contribution in [0.25, 0.3) is 10.2 Å². The summed E-state index contributed by atoms with van der Waals surface area (Å²) in [4.78, 5) is 44.2. The molecule has 0 spiro atoms. The van der Waals surface area contributed by atoms with Crippen molar-refractivity contribution in [2.24, 2.45) is 0 Å². The summed E-state index contributed by atoms with van der Waals surface area (Å²) in [6, 6.07) is 17.2. The molecule has 0 saturated carbocycles. The van der Waals surface area contributed by atoms with E-state index in [4.69, 9.17) is 21.3 Å². The molecule has 7 nitrogen and oxygen atoms in total. The van der Waals surface area contributed by atoms with Crippen LogP contribution in [0.4, 0.5) is 0 Å². The van der Waals surface area contributed by atoms with Gasteiger partial charge in [0, 0.05) is 11.6 Å². The van der Waals surface area contributed by atoms with Crippen molar-refractivity contribution in [2.75, 3.05) is 18.9 Å². The van der Waals surface area contributed by atoms with Crippen molar-refractivity contribution in [1.82, 2.24) is 14.9 Å². The maximum absolute atomic E-state index is 13.7. The number of hydrogen-bond acceptors (Lipinski definition) is 7. The predicted molar refractivity (Wildman–Crippen MR) is 149 cm³/mol. The second-order valence-corrected chi connectivity index (χ2v) is 10.6. The molecule has 2 aromatic carbocycles. The lowest BCUT2D eigenvalue weighted by Gasteiger charge is -2.13. The number of thiophene rings is 1. The standard InChI is InChI=1S/C27H26ClN3O4S2/c1-3-35-26(34)23-17(2)22-24(37-23)30-27(31(25(22)33)15-19-10-7-11-20(28)14-19)36-16-21(32)29-13-12-18-8-5-4-6-9-18/h4-11,14H,3,12-13,15-16H2,1-2H3,(H,29,32). The minimum atomic E-state index is -0.476. The van der Waals surface area contributed by atoms with Crippen LogP contribution in [-0.2, 0) is 22.5 Å². The lowest BCUT2D eigenvalue weighted by atomic mass is 10.1. The molecule has 0 fully saturated rings. The number of nitrogens with zero attached hydrogens (tertiary/aromatic N) is 2. The van der Waals surface area contributed by atoms with Crippen LogP contribution in [-0.4, -0.2) is 40.3 Å². The summed E-state index contributed by atoms with van der Waals surface area (Å²) in [5, 5.41) is 4.26. The van der Waals surface area contributed by atoms with Crippen LogP contribution in [0.3, 0.4) is 0 Å². The molecular formula is C27H26ClN3O4S2. The number of esters is 1. The lowest BCUT2D eigenvalue weighted by Crippen LogP contribution is -2.28. The molecule has 0 saturated heterocycles. The molecule has 1 N–H and O–H groups in total. The molecule has 192 valence electrons. The molecule has 0 bridgehead atoms. The van der Waals surface area contributed by atoms with Crippen molar-refractivity contribution in [3.8, 4) is 0 Å². The number of ether oxygens (including phenoxy) is 1. The number of hydrogen-bond donors (Lipinski definition) is 1. The number of thioether (sulfide) groups is 1. The number of carbonyl (C=O) groups is 2. The monoisotopic (exact) mass is 555 g/mol. The third-order valence-corrected chi connectivity index (χ3v) is 7.99. The van der Waals surface area contributed by atoms with Gasteiger partial charge < -0.3 is 10.1 Å². The minimum Gasteiger partial charge on any atom is -0.462 e. The molecule has 37 heavy (non-hydrogen) atoms. The highest BCUT2D eigenvalue weighted by molar-refractivity contribution is 7.99. The molecule has 0 atom stereocenters. The summed E-state index contributed by atoms with van der Waals surface area (Å²) in [5.41, 5.74) is 2.24. The summed E-state index contributed by atoms with van der Waals surface area (Å²) in [5.74, 6) is -0.535. The molecule has 0 radical (unpaired) electrons. The van der Waals surface area contributed by atoms with E-state index in [-0.39, 0.29) is 30.4 Å². The predicted octanol–water partition coefficient (Wildman–Crippen LogP) is 5.10. The van der Waals surface area contributed by atoms with Crippen LogP contribution in [0.15, 0.2) is 64.5 Å². The Labute approximate surface area is 227 Å². The van der Waals surface area contributed by atoms with Crippen LogP contribution < -0.4 is 10.9 Å². The largest absolute Gasteiger partial charge is 0.462 e. The maximum Gasteiger partial charge on any atom is 0.348 e. The zero-order valence-corrected chi connectivity index (χ0v) is 22.8. The van der Waals surface area contributed by atoms with Gasteiger partial charge >= 0.3 is 5.97 Å². The number of halogens is 1. The fourth-order valence-electron chi connectivity index (χ4n) is 3.83. The van der Waals surface area contributed by atoms with E-state index in [1.807, 2.05) is 42.5 Å². The Morgan fingerprint density at radius 2 is 1.89 bits per heavy atom. The highest BCUT2D eigenvalue weighted by atomic mass is 35.5. The fourth-order valence-corrected chi connectivity index (χ4v) is 5.99. The van der Waals surface area contributed by atoms with Gasteiger partial charge in [0.25, 0.3) is 5.56 Å². The summed E-state index contributed by atoms with van der Waals surface area (Å²) in [6.45, 7) is 4.43. The van der Waals surface area contributed by atoms with Gasteiger partial charge in [0.1, 0.15) is 9.71 Å². The zero-order chi connectivity index (χ0) is 26.4. The lowest BCUT2D eigenvalue weighted by molar-refractivity contribution is -0.118. The van der Waals surface area contributed by atoms with Gasteiger partial charge in [-0.1, -0.05) is 65.8 Å². The van der Waals surface area contributed by atoms with E-state index in [1.165, 1.54) is 16.3 Å². The second-order valence-electron chi connectivity index (χ2n) is 8.25. The number of nitrogens with one attached hydrogen (secondary N) is 1. The summed E-state index contributed by atoms with van der Waals surface area (Å²) in [7, 11) is 0. The average Bonchev–Trinajstić information content (AvgIpc) is 3.22. The first kappa shape index (κ1) is 26.9. The van der Waals surface area contributed by atoms with Crippen LogP contribution in [0.5, 0.6) is 0 Å². The quantitative estimate of drug-likeness (QED) is 0.166. The van der Waals surface area contributed by atoms with Gasteiger partial charge in [-0.2, -0.15) is 0 Å². The third kappa shape index (κ3) is 6.60. The van der Waals surface area contributed by atoms with Crippen LogP contribution in [0, 0.1) is 6.92 Å². The topological polar surface area (TPSA) is 90.3 Å². The first-order chi connectivity index (χ1) is 17.9. The Hall–Kier alpha value is -3.14. The smallest absolute Gasteiger partial charge is 0.348 e. The van der Waals surface area contributed by atoms with E-state index in [9.17, 15) is 14.4 Å². The van der Waals surface area contributed by atoms with Crippen molar-refractivity contribution in [3.05, 3.63) is 91.5 Å². The van der Waals surface area contributed by atoms with Gasteiger partial charge in [0.15, 0.2) is 5.16 Å². The van der Waals surface area contributed by atoms with Crippen LogP contribution in [0.1, 0.15) is 33.3 Å². The number of aryl methyl sites for hydroxylation is 1. The number of amides is 1. The fraction of sp³-hybridized carbons (Fsp3) is 0.259. The van der Waals surface area contributed by atoms with Crippen molar-refractivity contribution in [3.63, 3.8) is 0 Å². The molecule has 0 aliphatic rings. The Bertz CT molecular complexity index is 1480. The molecule has 10 heteroatoms. The molecular weight excluding hydrogens is 530 g/mol. The van der Waals surface area contributed by atoms with Crippen molar-refractivity contribution in [1.29, 1.82) is 0 Å². The van der Waals surface area contributed by atoms with Crippen LogP contribution >= 0.6 is 34.7 Å². The number of rotatable bonds is 10. The van der Waals surface area contributed by atoms with Gasteiger partial charge in [-0.25, -0.2) is 9.78 Å². The van der Waals surface area contributed by atoms with Gasteiger partial charge in [-0.15, -0.1) is 11.3 Å². The Morgan fingerprint density at radius 3 is 2.62 bits per heavy atom.